The summed E-state index contributed by atoms with van der Waals surface area (Å²) in [6.45, 7) is 1.70. The van der Waals surface area contributed by atoms with Crippen molar-refractivity contribution in [3.63, 3.8) is 0 Å². The van der Waals surface area contributed by atoms with Gasteiger partial charge in [-0.3, -0.25) is 0 Å². The summed E-state index contributed by atoms with van der Waals surface area (Å²) in [6, 6.07) is 10.0. The molecule has 0 spiro atoms. The number of nitrogens with one attached hydrogen (secondary N) is 1. The van der Waals surface area contributed by atoms with Crippen LogP contribution in [0.15, 0.2) is 47.4 Å². The molecule has 0 fully saturated rings. The van der Waals surface area contributed by atoms with Crippen LogP contribution in [0, 0.1) is 5.82 Å². The Labute approximate surface area is 131 Å². The molecule has 5 nitrogen and oxygen atoms in total. The quantitative estimate of drug-likeness (QED) is 0.794. The first-order chi connectivity index (χ1) is 10.5. The lowest BCUT2D eigenvalue weighted by Gasteiger charge is -2.14. The van der Waals surface area contributed by atoms with Gasteiger partial charge in [0.1, 0.15) is 21.7 Å². The van der Waals surface area contributed by atoms with Crippen molar-refractivity contribution >= 4 is 32.8 Å². The van der Waals surface area contributed by atoms with E-state index >= 15 is 0 Å². The number of benzene rings is 2. The van der Waals surface area contributed by atoms with Crippen molar-refractivity contribution in [2.45, 2.75) is 17.9 Å². The van der Waals surface area contributed by atoms with Gasteiger partial charge < -0.3 is 0 Å². The zero-order valence-electron chi connectivity index (χ0n) is 11.5. The van der Waals surface area contributed by atoms with Crippen LogP contribution >= 0.6 is 11.7 Å². The van der Waals surface area contributed by atoms with Crippen molar-refractivity contribution in [2.24, 2.45) is 0 Å². The minimum Gasteiger partial charge on any atom is -0.207 e. The van der Waals surface area contributed by atoms with Gasteiger partial charge in [-0.2, -0.15) is 8.75 Å². The van der Waals surface area contributed by atoms with E-state index in [-0.39, 0.29) is 10.7 Å². The highest BCUT2D eigenvalue weighted by Gasteiger charge is 2.22. The van der Waals surface area contributed by atoms with Crippen molar-refractivity contribution < 1.29 is 12.8 Å². The first-order valence-electron chi connectivity index (χ1n) is 6.46. The molecule has 2 aromatic carbocycles. The smallest absolute Gasteiger partial charge is 0.207 e. The van der Waals surface area contributed by atoms with Crippen LogP contribution in [0.1, 0.15) is 18.5 Å². The van der Waals surface area contributed by atoms with Gasteiger partial charge in [-0.15, -0.1) is 0 Å². The Kier molecular flexibility index (Phi) is 3.90. The van der Waals surface area contributed by atoms with Gasteiger partial charge in [0.25, 0.3) is 0 Å². The van der Waals surface area contributed by atoms with E-state index in [0.717, 1.165) is 11.7 Å². The van der Waals surface area contributed by atoms with Crippen LogP contribution in [0.2, 0.25) is 0 Å². The minimum absolute atomic E-state index is 0.0905. The third kappa shape index (κ3) is 2.85. The molecule has 8 heteroatoms. The third-order valence-corrected chi connectivity index (χ3v) is 5.36. The van der Waals surface area contributed by atoms with E-state index in [0.29, 0.717) is 16.6 Å². The molecule has 22 heavy (non-hydrogen) atoms. The highest BCUT2D eigenvalue weighted by atomic mass is 32.2. The fourth-order valence-corrected chi connectivity index (χ4v) is 4.11. The Hall–Kier alpha value is -1.90. The molecule has 0 radical (unpaired) electrons. The molecular formula is C14H12FN3O2S2. The fourth-order valence-electron chi connectivity index (χ4n) is 2.11. The van der Waals surface area contributed by atoms with Gasteiger partial charge in [-0.1, -0.05) is 18.2 Å². The van der Waals surface area contributed by atoms with Gasteiger partial charge in [0, 0.05) is 6.04 Å². The summed E-state index contributed by atoms with van der Waals surface area (Å²) in [5.41, 5.74) is 1.57. The topological polar surface area (TPSA) is 72.0 Å². The molecule has 0 saturated heterocycles. The third-order valence-electron chi connectivity index (χ3n) is 3.24. The second kappa shape index (κ2) is 5.71. The van der Waals surface area contributed by atoms with Gasteiger partial charge >= 0.3 is 0 Å². The molecule has 1 heterocycles. The van der Waals surface area contributed by atoms with E-state index in [1.54, 1.807) is 31.2 Å². The predicted molar refractivity (Wildman–Crippen MR) is 82.6 cm³/mol. The van der Waals surface area contributed by atoms with Crippen molar-refractivity contribution in [1.82, 2.24) is 13.5 Å². The van der Waals surface area contributed by atoms with Crippen LogP contribution in [0.25, 0.3) is 11.0 Å². The first-order valence-corrected chi connectivity index (χ1v) is 8.68. The molecule has 1 atom stereocenters. The van der Waals surface area contributed by atoms with Gasteiger partial charge in [0.15, 0.2) is 0 Å². The molecule has 0 amide bonds. The molecular weight excluding hydrogens is 325 g/mol. The number of halogens is 1. The summed E-state index contributed by atoms with van der Waals surface area (Å²) in [7, 11) is -3.75. The fraction of sp³-hybridized carbons (Fsp3) is 0.143. The van der Waals surface area contributed by atoms with Crippen LogP contribution in [0.3, 0.4) is 0 Å². The maximum absolute atomic E-state index is 12.9. The molecule has 114 valence electrons. The molecule has 0 aliphatic carbocycles. The highest BCUT2D eigenvalue weighted by Crippen LogP contribution is 2.23. The molecule has 0 aliphatic heterocycles. The Morgan fingerprint density at radius 3 is 2.59 bits per heavy atom. The first kappa shape index (κ1) is 15.0. The molecule has 3 aromatic rings. The average molecular weight is 337 g/mol. The number of sulfonamides is 1. The summed E-state index contributed by atoms with van der Waals surface area (Å²) in [5.74, 6) is -0.364. The zero-order valence-corrected chi connectivity index (χ0v) is 13.2. The molecule has 3 rings (SSSR count). The summed E-state index contributed by atoms with van der Waals surface area (Å²) in [5, 5.41) is 0. The van der Waals surface area contributed by atoms with E-state index in [1.807, 2.05) is 0 Å². The average Bonchev–Trinajstić information content (AvgIpc) is 2.95. The Bertz CT molecular complexity index is 907. The van der Waals surface area contributed by atoms with Crippen LogP contribution in [0.5, 0.6) is 0 Å². The van der Waals surface area contributed by atoms with Gasteiger partial charge in [-0.05, 0) is 36.8 Å². The molecule has 1 N–H and O–H groups in total. The largest absolute Gasteiger partial charge is 0.243 e. The van der Waals surface area contributed by atoms with E-state index in [1.165, 1.54) is 18.2 Å². The second-order valence-electron chi connectivity index (χ2n) is 4.78. The SMILES string of the molecule is C[C@H](NS(=O)(=O)c1cccc2nsnc12)c1ccc(F)cc1. The lowest BCUT2D eigenvalue weighted by molar-refractivity contribution is 0.567. The Morgan fingerprint density at radius 1 is 1.14 bits per heavy atom. The van der Waals surface area contributed by atoms with Gasteiger partial charge in [0.05, 0.1) is 11.7 Å². The predicted octanol–water partition coefficient (Wildman–Crippen LogP) is 2.87. The number of rotatable bonds is 4. The number of nitrogens with zero attached hydrogens (tertiary/aromatic N) is 2. The van der Waals surface area contributed by atoms with E-state index < -0.39 is 16.1 Å². The number of fused-ring (bicyclic) bond motifs is 1. The summed E-state index contributed by atoms with van der Waals surface area (Å²) < 4.78 is 48.7. The molecule has 0 unspecified atom stereocenters. The molecule has 0 saturated carbocycles. The van der Waals surface area contributed by atoms with Crippen LogP contribution in [-0.4, -0.2) is 17.2 Å². The van der Waals surface area contributed by atoms with E-state index in [4.69, 9.17) is 0 Å². The van der Waals surface area contributed by atoms with Crippen LogP contribution in [-0.2, 0) is 10.0 Å². The maximum atomic E-state index is 12.9. The Morgan fingerprint density at radius 2 is 1.86 bits per heavy atom. The van der Waals surface area contributed by atoms with Crippen molar-refractivity contribution in [3.05, 3.63) is 53.8 Å². The maximum Gasteiger partial charge on any atom is 0.243 e. The monoisotopic (exact) mass is 337 g/mol. The van der Waals surface area contributed by atoms with Crippen LogP contribution < -0.4 is 4.72 Å². The minimum atomic E-state index is -3.75. The standard InChI is InChI=1S/C14H12FN3O2S2/c1-9(10-5-7-11(15)8-6-10)18-22(19,20)13-4-2-3-12-14(13)17-21-16-12/h2-9,18H,1H3/t9-/m0/s1. The Balaban J connectivity index is 1.93. The molecule has 1 aromatic heterocycles. The lowest BCUT2D eigenvalue weighted by Crippen LogP contribution is -2.27. The van der Waals surface area contributed by atoms with Crippen LogP contribution in [0.4, 0.5) is 4.39 Å². The molecule has 0 aliphatic rings. The summed E-state index contributed by atoms with van der Waals surface area (Å²) in [4.78, 5) is 0.0905. The van der Waals surface area contributed by atoms with Gasteiger partial charge in [0.2, 0.25) is 10.0 Å². The lowest BCUT2D eigenvalue weighted by atomic mass is 10.1. The number of hydrogen-bond acceptors (Lipinski definition) is 5. The van der Waals surface area contributed by atoms with Crippen molar-refractivity contribution in [1.29, 1.82) is 0 Å². The van der Waals surface area contributed by atoms with Crippen molar-refractivity contribution in [3.8, 4) is 0 Å². The van der Waals surface area contributed by atoms with E-state index in [9.17, 15) is 12.8 Å². The normalized spacial score (nSPS) is 13.4. The summed E-state index contributed by atoms with van der Waals surface area (Å²) >= 11 is 0.966. The van der Waals surface area contributed by atoms with Gasteiger partial charge in [-0.25, -0.2) is 17.5 Å². The zero-order chi connectivity index (χ0) is 15.7. The number of hydrogen-bond donors (Lipinski definition) is 1. The highest BCUT2D eigenvalue weighted by molar-refractivity contribution is 7.89. The molecule has 0 bridgehead atoms. The summed E-state index contributed by atoms with van der Waals surface area (Å²) in [6.07, 6.45) is 0. The second-order valence-corrected chi connectivity index (χ2v) is 6.99. The van der Waals surface area contributed by atoms with E-state index in [2.05, 4.69) is 13.5 Å². The number of aromatic nitrogens is 2. The van der Waals surface area contributed by atoms with Crippen molar-refractivity contribution in [2.75, 3.05) is 0 Å².